The molecular weight excluding hydrogens is 221 g/mol. The molecule has 1 rings (SSSR count). The summed E-state index contributed by atoms with van der Waals surface area (Å²) in [5.74, 6) is -0.0139. The zero-order chi connectivity index (χ0) is 10.7. The third-order valence-electron chi connectivity index (χ3n) is 1.89. The zero-order valence-corrected chi connectivity index (χ0v) is 9.56. The minimum Gasteiger partial charge on any atom is -0.349 e. The maximum Gasteiger partial charge on any atom is 0.226 e. The first-order valence-corrected chi connectivity index (χ1v) is 4.91. The van der Waals surface area contributed by atoms with E-state index in [1.54, 1.807) is 32.3 Å². The van der Waals surface area contributed by atoms with Crippen LogP contribution in [0.1, 0.15) is 5.56 Å². The van der Waals surface area contributed by atoms with Gasteiger partial charge in [-0.05, 0) is 17.7 Å². The number of hydrogen-bond acceptors (Lipinski definition) is 1. The highest BCUT2D eigenvalue weighted by Crippen LogP contribution is 2.24. The molecule has 1 amide bonds. The summed E-state index contributed by atoms with van der Waals surface area (Å²) in [6.45, 7) is 0. The molecule has 0 aliphatic rings. The second-order valence-corrected chi connectivity index (χ2v) is 3.98. The van der Waals surface area contributed by atoms with Crippen LogP contribution in [0.3, 0.4) is 0 Å². The lowest BCUT2D eigenvalue weighted by Gasteiger charge is -2.11. The van der Waals surface area contributed by atoms with Crippen LogP contribution in [0.4, 0.5) is 0 Å². The summed E-state index contributed by atoms with van der Waals surface area (Å²) >= 11 is 11.8. The van der Waals surface area contributed by atoms with Crippen LogP contribution < -0.4 is 0 Å². The van der Waals surface area contributed by atoms with Crippen LogP contribution >= 0.6 is 23.2 Å². The van der Waals surface area contributed by atoms with Gasteiger partial charge < -0.3 is 4.90 Å². The quantitative estimate of drug-likeness (QED) is 0.767. The van der Waals surface area contributed by atoms with Crippen molar-refractivity contribution in [1.82, 2.24) is 4.90 Å². The zero-order valence-electron chi connectivity index (χ0n) is 8.05. The summed E-state index contributed by atoms with van der Waals surface area (Å²) in [5.41, 5.74) is 0.689. The van der Waals surface area contributed by atoms with Crippen molar-refractivity contribution in [3.05, 3.63) is 33.8 Å². The molecule has 0 atom stereocenters. The molecule has 0 bridgehead atoms. The van der Waals surface area contributed by atoms with Crippen LogP contribution in [0.2, 0.25) is 10.0 Å². The molecule has 0 unspecified atom stereocenters. The van der Waals surface area contributed by atoms with E-state index in [4.69, 9.17) is 23.2 Å². The van der Waals surface area contributed by atoms with Crippen LogP contribution in [0.15, 0.2) is 18.2 Å². The monoisotopic (exact) mass is 231 g/mol. The highest BCUT2D eigenvalue weighted by Gasteiger charge is 2.11. The Morgan fingerprint density at radius 3 is 2.21 bits per heavy atom. The van der Waals surface area contributed by atoms with Gasteiger partial charge >= 0.3 is 0 Å². The molecule has 4 heteroatoms. The first-order chi connectivity index (χ1) is 6.52. The molecule has 0 saturated heterocycles. The van der Waals surface area contributed by atoms with E-state index < -0.39 is 0 Å². The number of benzene rings is 1. The lowest BCUT2D eigenvalue weighted by molar-refractivity contribution is -0.127. The van der Waals surface area contributed by atoms with Crippen molar-refractivity contribution in [3.8, 4) is 0 Å². The SMILES string of the molecule is CN(C)C(=O)Cc1c(Cl)cccc1Cl. The van der Waals surface area contributed by atoms with Gasteiger partial charge in [-0.3, -0.25) is 4.79 Å². The van der Waals surface area contributed by atoms with Crippen LogP contribution in [-0.4, -0.2) is 24.9 Å². The van der Waals surface area contributed by atoms with Gasteiger partial charge in [0.15, 0.2) is 0 Å². The summed E-state index contributed by atoms with van der Waals surface area (Å²) in [6.07, 6.45) is 0.242. The molecular formula is C10H11Cl2NO. The third-order valence-corrected chi connectivity index (χ3v) is 2.60. The Morgan fingerprint density at radius 1 is 1.29 bits per heavy atom. The molecule has 0 spiro atoms. The van der Waals surface area contributed by atoms with Gasteiger partial charge in [0.25, 0.3) is 0 Å². The number of likely N-dealkylation sites (N-methyl/N-ethyl adjacent to an activating group) is 1. The van der Waals surface area contributed by atoms with Gasteiger partial charge in [-0.1, -0.05) is 29.3 Å². The molecule has 2 nitrogen and oxygen atoms in total. The van der Waals surface area contributed by atoms with Gasteiger partial charge in [0.05, 0.1) is 6.42 Å². The van der Waals surface area contributed by atoms with Gasteiger partial charge in [-0.25, -0.2) is 0 Å². The van der Waals surface area contributed by atoms with Crippen molar-refractivity contribution in [3.63, 3.8) is 0 Å². The Bertz CT molecular complexity index is 330. The molecule has 0 N–H and O–H groups in total. The third kappa shape index (κ3) is 2.63. The van der Waals surface area contributed by atoms with E-state index in [1.165, 1.54) is 4.90 Å². The van der Waals surface area contributed by atoms with Gasteiger partial charge in [0.1, 0.15) is 0 Å². The lowest BCUT2D eigenvalue weighted by Crippen LogP contribution is -2.23. The Morgan fingerprint density at radius 2 is 1.79 bits per heavy atom. The van der Waals surface area contributed by atoms with Crippen molar-refractivity contribution in [2.75, 3.05) is 14.1 Å². The number of halogens is 2. The van der Waals surface area contributed by atoms with Gasteiger partial charge in [0, 0.05) is 24.1 Å². The number of carbonyl (C=O) groups excluding carboxylic acids is 1. The molecule has 0 aliphatic heterocycles. The summed E-state index contributed by atoms with van der Waals surface area (Å²) in [4.78, 5) is 12.9. The lowest BCUT2D eigenvalue weighted by atomic mass is 10.1. The normalized spacial score (nSPS) is 10.0. The number of amides is 1. The summed E-state index contributed by atoms with van der Waals surface area (Å²) in [5, 5.41) is 1.07. The van der Waals surface area contributed by atoms with E-state index in [2.05, 4.69) is 0 Å². The first kappa shape index (κ1) is 11.3. The Kier molecular flexibility index (Phi) is 3.78. The van der Waals surface area contributed by atoms with E-state index in [-0.39, 0.29) is 12.3 Å². The maximum absolute atomic E-state index is 11.4. The molecule has 14 heavy (non-hydrogen) atoms. The fourth-order valence-corrected chi connectivity index (χ4v) is 1.54. The second kappa shape index (κ2) is 4.67. The molecule has 0 radical (unpaired) electrons. The first-order valence-electron chi connectivity index (χ1n) is 4.15. The summed E-state index contributed by atoms with van der Waals surface area (Å²) < 4.78 is 0. The van der Waals surface area contributed by atoms with Gasteiger partial charge in [-0.2, -0.15) is 0 Å². The van der Waals surface area contributed by atoms with E-state index in [9.17, 15) is 4.79 Å². The standard InChI is InChI=1S/C10H11Cl2NO/c1-13(2)10(14)6-7-8(11)4-3-5-9(7)12/h3-5H,6H2,1-2H3. The van der Waals surface area contributed by atoms with Crippen LogP contribution in [0, 0.1) is 0 Å². The number of hydrogen-bond donors (Lipinski definition) is 0. The van der Waals surface area contributed by atoms with Crippen molar-refractivity contribution in [2.45, 2.75) is 6.42 Å². The molecule has 0 saturated carbocycles. The molecule has 76 valence electrons. The Labute approximate surface area is 93.4 Å². The van der Waals surface area contributed by atoms with Crippen molar-refractivity contribution in [1.29, 1.82) is 0 Å². The largest absolute Gasteiger partial charge is 0.349 e. The Hall–Kier alpha value is -0.730. The second-order valence-electron chi connectivity index (χ2n) is 3.17. The van der Waals surface area contributed by atoms with E-state index >= 15 is 0 Å². The van der Waals surface area contributed by atoms with Gasteiger partial charge in [-0.15, -0.1) is 0 Å². The smallest absolute Gasteiger partial charge is 0.226 e. The van der Waals surface area contributed by atoms with E-state index in [0.717, 1.165) is 0 Å². The molecule has 0 heterocycles. The number of carbonyl (C=O) groups is 1. The summed E-state index contributed by atoms with van der Waals surface area (Å²) in [6, 6.07) is 5.21. The molecule has 0 aliphatic carbocycles. The van der Waals surface area contributed by atoms with Crippen LogP contribution in [0.5, 0.6) is 0 Å². The number of rotatable bonds is 2. The van der Waals surface area contributed by atoms with Crippen molar-refractivity contribution in [2.24, 2.45) is 0 Å². The Balaban J connectivity index is 2.91. The fraction of sp³-hybridized carbons (Fsp3) is 0.300. The highest BCUT2D eigenvalue weighted by atomic mass is 35.5. The van der Waals surface area contributed by atoms with Crippen LogP contribution in [-0.2, 0) is 11.2 Å². The van der Waals surface area contributed by atoms with Crippen LogP contribution in [0.25, 0.3) is 0 Å². The number of nitrogens with zero attached hydrogens (tertiary/aromatic N) is 1. The highest BCUT2D eigenvalue weighted by molar-refractivity contribution is 6.36. The minimum absolute atomic E-state index is 0.0139. The van der Waals surface area contributed by atoms with E-state index in [1.807, 2.05) is 0 Å². The molecule has 0 fully saturated rings. The minimum atomic E-state index is -0.0139. The molecule has 1 aromatic carbocycles. The topological polar surface area (TPSA) is 20.3 Å². The van der Waals surface area contributed by atoms with Crippen molar-refractivity contribution < 1.29 is 4.79 Å². The predicted octanol–water partition coefficient (Wildman–Crippen LogP) is 2.62. The average Bonchev–Trinajstić information content (AvgIpc) is 2.11. The summed E-state index contributed by atoms with van der Waals surface area (Å²) in [7, 11) is 3.40. The molecule has 0 aromatic heterocycles. The predicted molar refractivity (Wildman–Crippen MR) is 58.9 cm³/mol. The molecule has 1 aromatic rings. The average molecular weight is 232 g/mol. The van der Waals surface area contributed by atoms with Gasteiger partial charge in [0.2, 0.25) is 5.91 Å². The maximum atomic E-state index is 11.4. The van der Waals surface area contributed by atoms with Crippen molar-refractivity contribution >= 4 is 29.1 Å². The fourth-order valence-electron chi connectivity index (χ4n) is 1.01. The van der Waals surface area contributed by atoms with E-state index in [0.29, 0.717) is 15.6 Å².